The Balaban J connectivity index is 1.51. The van der Waals surface area contributed by atoms with Crippen molar-refractivity contribution in [1.29, 1.82) is 0 Å². The molecule has 0 spiro atoms. The normalized spacial score (nSPS) is 10.6. The molecule has 0 fully saturated rings. The maximum atomic E-state index is 11.8. The fourth-order valence-corrected chi connectivity index (χ4v) is 2.35. The second-order valence-electron chi connectivity index (χ2n) is 4.84. The third-order valence-electron chi connectivity index (χ3n) is 3.27. The molecule has 1 heterocycles. The van der Waals surface area contributed by atoms with E-state index in [1.807, 2.05) is 36.4 Å². The van der Waals surface area contributed by atoms with E-state index in [1.165, 1.54) is 5.39 Å². The molecule has 22 heavy (non-hydrogen) atoms. The summed E-state index contributed by atoms with van der Waals surface area (Å²) >= 11 is 5.76. The van der Waals surface area contributed by atoms with Crippen molar-refractivity contribution in [1.82, 2.24) is 10.3 Å². The zero-order valence-electron chi connectivity index (χ0n) is 11.8. The zero-order chi connectivity index (χ0) is 15.4. The number of hydrogen-bond acceptors (Lipinski definition) is 2. The van der Waals surface area contributed by atoms with Gasteiger partial charge < -0.3 is 15.0 Å². The van der Waals surface area contributed by atoms with E-state index in [9.17, 15) is 4.79 Å². The van der Waals surface area contributed by atoms with E-state index in [2.05, 4.69) is 16.4 Å². The number of hydrogen-bond donors (Lipinski definition) is 2. The Morgan fingerprint density at radius 1 is 1.14 bits per heavy atom. The van der Waals surface area contributed by atoms with Crippen molar-refractivity contribution in [2.45, 2.75) is 0 Å². The van der Waals surface area contributed by atoms with Crippen LogP contribution in [0.5, 0.6) is 5.75 Å². The summed E-state index contributed by atoms with van der Waals surface area (Å²) in [6.07, 6.45) is 1.57. The first-order chi connectivity index (χ1) is 10.7. The summed E-state index contributed by atoms with van der Waals surface area (Å²) in [7, 11) is 0. The summed E-state index contributed by atoms with van der Waals surface area (Å²) in [6.45, 7) is 0.820. The molecule has 0 saturated heterocycles. The summed E-state index contributed by atoms with van der Waals surface area (Å²) in [5.41, 5.74) is 0.440. The first-order valence-corrected chi connectivity index (χ1v) is 7.34. The summed E-state index contributed by atoms with van der Waals surface area (Å²) < 4.78 is 5.65. The number of fused-ring (bicyclic) bond motifs is 1. The minimum atomic E-state index is -0.200. The lowest BCUT2D eigenvalue weighted by Gasteiger charge is -2.08. The lowest BCUT2D eigenvalue weighted by Crippen LogP contribution is -2.28. The van der Waals surface area contributed by atoms with Gasteiger partial charge in [0.15, 0.2) is 0 Å². The van der Waals surface area contributed by atoms with Gasteiger partial charge in [0, 0.05) is 6.20 Å². The quantitative estimate of drug-likeness (QED) is 0.707. The monoisotopic (exact) mass is 314 g/mol. The molecule has 5 heteroatoms. The van der Waals surface area contributed by atoms with Crippen LogP contribution in [0.1, 0.15) is 10.5 Å². The highest BCUT2D eigenvalue weighted by molar-refractivity contribution is 6.30. The van der Waals surface area contributed by atoms with Crippen molar-refractivity contribution in [3.8, 4) is 5.75 Å². The molecule has 3 rings (SSSR count). The molecule has 3 aromatic rings. The molecule has 112 valence electrons. The van der Waals surface area contributed by atoms with Crippen LogP contribution in [0, 0.1) is 0 Å². The van der Waals surface area contributed by atoms with Gasteiger partial charge in [-0.2, -0.15) is 0 Å². The third kappa shape index (κ3) is 3.40. The minimum absolute atomic E-state index is 0.200. The van der Waals surface area contributed by atoms with Crippen LogP contribution >= 0.6 is 11.6 Å². The molecule has 2 N–H and O–H groups in total. The van der Waals surface area contributed by atoms with E-state index in [0.29, 0.717) is 23.9 Å². The number of carbonyl (C=O) groups is 1. The number of ether oxygens (including phenoxy) is 1. The molecule has 2 aromatic carbocycles. The van der Waals surface area contributed by atoms with Gasteiger partial charge in [0.2, 0.25) is 0 Å². The van der Waals surface area contributed by atoms with Crippen molar-refractivity contribution < 1.29 is 9.53 Å². The van der Waals surface area contributed by atoms with Gasteiger partial charge in [-0.05, 0) is 29.0 Å². The van der Waals surface area contributed by atoms with E-state index in [4.69, 9.17) is 16.3 Å². The van der Waals surface area contributed by atoms with Crippen LogP contribution in [0.25, 0.3) is 10.8 Å². The number of nitrogens with one attached hydrogen (secondary N) is 2. The molecule has 0 aliphatic carbocycles. The summed E-state index contributed by atoms with van der Waals surface area (Å²) in [4.78, 5) is 14.6. The van der Waals surface area contributed by atoms with Gasteiger partial charge in [0.1, 0.15) is 18.1 Å². The van der Waals surface area contributed by atoms with Crippen LogP contribution in [0.2, 0.25) is 5.02 Å². The zero-order valence-corrected chi connectivity index (χ0v) is 12.6. The first-order valence-electron chi connectivity index (χ1n) is 6.96. The summed E-state index contributed by atoms with van der Waals surface area (Å²) in [5, 5.41) is 5.58. The lowest BCUT2D eigenvalue weighted by molar-refractivity contribution is 0.0942. The molecule has 1 aromatic heterocycles. The SMILES string of the molecule is O=C(NCCOc1ccc2ccccc2c1)c1cc(Cl)c[nH]1. The topological polar surface area (TPSA) is 54.1 Å². The van der Waals surface area contributed by atoms with Crippen molar-refractivity contribution >= 4 is 28.3 Å². The molecule has 0 atom stereocenters. The highest BCUT2D eigenvalue weighted by Gasteiger charge is 2.06. The second-order valence-corrected chi connectivity index (χ2v) is 5.28. The highest BCUT2D eigenvalue weighted by Crippen LogP contribution is 2.20. The van der Waals surface area contributed by atoms with Gasteiger partial charge in [-0.3, -0.25) is 4.79 Å². The first kappa shape index (κ1) is 14.5. The summed E-state index contributed by atoms with van der Waals surface area (Å²) in [5.74, 6) is 0.588. The van der Waals surface area contributed by atoms with Gasteiger partial charge in [-0.25, -0.2) is 0 Å². The van der Waals surface area contributed by atoms with Gasteiger partial charge >= 0.3 is 0 Å². The molecule has 0 aliphatic heterocycles. The Morgan fingerprint density at radius 3 is 2.73 bits per heavy atom. The average Bonchev–Trinajstić information content (AvgIpc) is 2.98. The average molecular weight is 315 g/mol. The molecule has 0 bridgehead atoms. The van der Waals surface area contributed by atoms with E-state index in [0.717, 1.165) is 11.1 Å². The molecule has 0 saturated carbocycles. The lowest BCUT2D eigenvalue weighted by atomic mass is 10.1. The molecule has 0 radical (unpaired) electrons. The fraction of sp³-hybridized carbons (Fsp3) is 0.118. The van der Waals surface area contributed by atoms with Crippen LogP contribution in [0.15, 0.2) is 54.7 Å². The Labute approximate surface area is 133 Å². The molecular weight excluding hydrogens is 300 g/mol. The third-order valence-corrected chi connectivity index (χ3v) is 3.49. The fourth-order valence-electron chi connectivity index (χ4n) is 2.18. The number of rotatable bonds is 5. The van der Waals surface area contributed by atoms with Crippen molar-refractivity contribution in [3.05, 3.63) is 65.4 Å². The van der Waals surface area contributed by atoms with Gasteiger partial charge in [-0.1, -0.05) is 41.9 Å². The van der Waals surface area contributed by atoms with Crippen molar-refractivity contribution in [3.63, 3.8) is 0 Å². The van der Waals surface area contributed by atoms with Gasteiger partial charge in [0.25, 0.3) is 5.91 Å². The van der Waals surface area contributed by atoms with Crippen LogP contribution < -0.4 is 10.1 Å². The van der Waals surface area contributed by atoms with E-state index in [1.54, 1.807) is 12.3 Å². The highest BCUT2D eigenvalue weighted by atomic mass is 35.5. The Kier molecular flexibility index (Phi) is 4.30. The Morgan fingerprint density at radius 2 is 1.95 bits per heavy atom. The van der Waals surface area contributed by atoms with E-state index >= 15 is 0 Å². The molecule has 4 nitrogen and oxygen atoms in total. The van der Waals surface area contributed by atoms with Crippen LogP contribution in [0.3, 0.4) is 0 Å². The van der Waals surface area contributed by atoms with E-state index < -0.39 is 0 Å². The predicted octanol–water partition coefficient (Wildman–Crippen LogP) is 3.63. The number of carbonyl (C=O) groups excluding carboxylic acids is 1. The van der Waals surface area contributed by atoms with Gasteiger partial charge in [0.05, 0.1) is 11.6 Å². The number of aromatic nitrogens is 1. The Hall–Kier alpha value is -2.46. The molecule has 1 amide bonds. The summed E-state index contributed by atoms with van der Waals surface area (Å²) in [6, 6.07) is 15.6. The standard InChI is InChI=1S/C17H15ClN2O2/c18-14-10-16(20-11-14)17(21)19-7-8-22-15-6-5-12-3-1-2-4-13(12)9-15/h1-6,9-11,20H,7-8H2,(H,19,21). The number of aromatic amines is 1. The molecular formula is C17H15ClN2O2. The van der Waals surface area contributed by atoms with Crippen molar-refractivity contribution in [2.24, 2.45) is 0 Å². The van der Waals surface area contributed by atoms with Crippen molar-refractivity contribution in [2.75, 3.05) is 13.2 Å². The van der Waals surface area contributed by atoms with E-state index in [-0.39, 0.29) is 5.91 Å². The Bertz CT molecular complexity index is 798. The predicted molar refractivity (Wildman–Crippen MR) is 87.6 cm³/mol. The number of halogens is 1. The maximum Gasteiger partial charge on any atom is 0.267 e. The smallest absolute Gasteiger partial charge is 0.267 e. The van der Waals surface area contributed by atoms with Gasteiger partial charge in [-0.15, -0.1) is 0 Å². The van der Waals surface area contributed by atoms with Crippen LogP contribution in [-0.4, -0.2) is 24.0 Å². The minimum Gasteiger partial charge on any atom is -0.492 e. The second kappa shape index (κ2) is 6.54. The molecule has 0 aliphatic rings. The number of H-pyrrole nitrogens is 1. The number of benzene rings is 2. The van der Waals surface area contributed by atoms with Crippen LogP contribution in [-0.2, 0) is 0 Å². The molecule has 0 unspecified atom stereocenters. The maximum absolute atomic E-state index is 11.8. The largest absolute Gasteiger partial charge is 0.492 e. The number of amides is 1. The van der Waals surface area contributed by atoms with Crippen LogP contribution in [0.4, 0.5) is 0 Å².